The fourth-order valence-electron chi connectivity index (χ4n) is 3.46. The van der Waals surface area contributed by atoms with Crippen LogP contribution in [0.4, 0.5) is 11.4 Å². The Bertz CT molecular complexity index is 1380. The number of aryl methyl sites for hydroxylation is 1. The van der Waals surface area contributed by atoms with Gasteiger partial charge in [0.15, 0.2) is 10.9 Å². The third-order valence-electron chi connectivity index (χ3n) is 5.31. The molecule has 0 saturated carbocycles. The second-order valence-corrected chi connectivity index (χ2v) is 9.18. The highest BCUT2D eigenvalue weighted by Crippen LogP contribution is 2.23. The monoisotopic (exact) mass is 501 g/mol. The minimum atomic E-state index is -0.335. The maximum atomic E-state index is 12.6. The molecule has 0 radical (unpaired) electrons. The first-order valence-electron chi connectivity index (χ1n) is 11.5. The second kappa shape index (κ2) is 11.0. The van der Waals surface area contributed by atoms with Crippen molar-refractivity contribution in [1.29, 1.82) is 0 Å². The van der Waals surface area contributed by atoms with Gasteiger partial charge >= 0.3 is 0 Å². The van der Waals surface area contributed by atoms with E-state index >= 15 is 0 Å². The van der Waals surface area contributed by atoms with Gasteiger partial charge in [-0.3, -0.25) is 14.9 Å². The Morgan fingerprint density at radius 2 is 1.69 bits per heavy atom. The van der Waals surface area contributed by atoms with Crippen LogP contribution in [0, 0.1) is 12.8 Å². The highest BCUT2D eigenvalue weighted by molar-refractivity contribution is 7.80. The number of para-hydroxylation sites is 1. The molecule has 36 heavy (non-hydrogen) atoms. The fourth-order valence-corrected chi connectivity index (χ4v) is 3.67. The highest BCUT2D eigenvalue weighted by atomic mass is 32.1. The Morgan fingerprint density at radius 3 is 2.39 bits per heavy atom. The zero-order chi connectivity index (χ0) is 25.7. The average molecular weight is 502 g/mol. The van der Waals surface area contributed by atoms with Crippen LogP contribution in [-0.4, -0.2) is 23.5 Å². The number of ether oxygens (including phenoxy) is 1. The standard InChI is InChI=1S/C28H27N3O4S/c1-17(2)16-34-22-11-8-19(9-12-22)26(32)31-28(36)29-21-10-13-23(18(3)14-21)30-27(33)25-15-20-6-4-5-7-24(20)35-25/h4-15,17H,16H2,1-3H3,(H,30,33)(H2,29,31,32,36). The molecule has 0 unspecified atom stereocenters. The van der Waals surface area contributed by atoms with E-state index in [2.05, 4.69) is 29.8 Å². The maximum Gasteiger partial charge on any atom is 0.291 e. The normalized spacial score (nSPS) is 10.8. The summed E-state index contributed by atoms with van der Waals surface area (Å²) in [7, 11) is 0. The predicted molar refractivity (Wildman–Crippen MR) is 146 cm³/mol. The Kier molecular flexibility index (Phi) is 7.65. The molecule has 7 nitrogen and oxygen atoms in total. The first-order valence-corrected chi connectivity index (χ1v) is 11.9. The van der Waals surface area contributed by atoms with Gasteiger partial charge in [-0.2, -0.15) is 0 Å². The number of amides is 2. The third kappa shape index (κ3) is 6.28. The van der Waals surface area contributed by atoms with Gasteiger partial charge in [0.25, 0.3) is 11.8 Å². The van der Waals surface area contributed by atoms with E-state index in [9.17, 15) is 9.59 Å². The molecule has 4 aromatic rings. The van der Waals surface area contributed by atoms with Crippen molar-refractivity contribution in [2.75, 3.05) is 17.2 Å². The number of carbonyl (C=O) groups excluding carboxylic acids is 2. The van der Waals surface area contributed by atoms with Crippen LogP contribution in [0.5, 0.6) is 5.75 Å². The van der Waals surface area contributed by atoms with Crippen molar-refractivity contribution in [3.8, 4) is 5.75 Å². The Balaban J connectivity index is 1.33. The molecule has 0 aliphatic carbocycles. The Hall–Kier alpha value is -4.17. The molecule has 0 atom stereocenters. The van der Waals surface area contributed by atoms with Gasteiger partial charge in [-0.1, -0.05) is 32.0 Å². The Morgan fingerprint density at radius 1 is 0.944 bits per heavy atom. The molecule has 0 fully saturated rings. The van der Waals surface area contributed by atoms with Crippen molar-refractivity contribution in [3.63, 3.8) is 0 Å². The molecule has 8 heteroatoms. The summed E-state index contributed by atoms with van der Waals surface area (Å²) in [6.07, 6.45) is 0. The number of thiocarbonyl (C=S) groups is 1. The molecule has 0 aliphatic heterocycles. The lowest BCUT2D eigenvalue weighted by Gasteiger charge is -2.13. The number of hydrogen-bond donors (Lipinski definition) is 3. The molecule has 1 aromatic heterocycles. The van der Waals surface area contributed by atoms with E-state index in [0.29, 0.717) is 40.8 Å². The maximum absolute atomic E-state index is 12.6. The van der Waals surface area contributed by atoms with E-state index in [1.807, 2.05) is 37.3 Å². The van der Waals surface area contributed by atoms with E-state index in [1.165, 1.54) is 0 Å². The molecular weight excluding hydrogens is 474 g/mol. The molecule has 2 amide bonds. The Labute approximate surface area is 214 Å². The van der Waals surface area contributed by atoms with Gasteiger partial charge in [0.05, 0.1) is 6.61 Å². The molecule has 1 heterocycles. The van der Waals surface area contributed by atoms with Crippen LogP contribution in [0.2, 0.25) is 0 Å². The largest absolute Gasteiger partial charge is 0.493 e. The van der Waals surface area contributed by atoms with Crippen LogP contribution >= 0.6 is 12.2 Å². The summed E-state index contributed by atoms with van der Waals surface area (Å²) in [5.74, 6) is 0.708. The highest BCUT2D eigenvalue weighted by Gasteiger charge is 2.14. The van der Waals surface area contributed by atoms with Crippen molar-refractivity contribution in [1.82, 2.24) is 5.32 Å². The lowest BCUT2D eigenvalue weighted by atomic mass is 10.1. The van der Waals surface area contributed by atoms with Crippen LogP contribution in [0.15, 0.2) is 77.2 Å². The quantitative estimate of drug-likeness (QED) is 0.263. The number of rotatable bonds is 7. The van der Waals surface area contributed by atoms with E-state index < -0.39 is 0 Å². The SMILES string of the molecule is Cc1cc(NC(=S)NC(=O)c2ccc(OCC(C)C)cc2)ccc1NC(=O)c1cc2ccccc2o1. The van der Waals surface area contributed by atoms with Crippen LogP contribution < -0.4 is 20.7 Å². The zero-order valence-corrected chi connectivity index (χ0v) is 21.1. The predicted octanol–water partition coefficient (Wildman–Crippen LogP) is 6.16. The number of furan rings is 1. The molecule has 3 aromatic carbocycles. The first-order chi connectivity index (χ1) is 17.3. The number of nitrogens with one attached hydrogen (secondary N) is 3. The number of benzene rings is 3. The summed E-state index contributed by atoms with van der Waals surface area (Å²) in [5.41, 5.74) is 3.26. The van der Waals surface area contributed by atoms with Crippen molar-refractivity contribution < 1.29 is 18.7 Å². The smallest absolute Gasteiger partial charge is 0.291 e. The van der Waals surface area contributed by atoms with Crippen molar-refractivity contribution in [2.45, 2.75) is 20.8 Å². The zero-order valence-electron chi connectivity index (χ0n) is 20.3. The summed E-state index contributed by atoms with van der Waals surface area (Å²) in [6, 6.07) is 21.4. The average Bonchev–Trinajstić information content (AvgIpc) is 3.29. The number of carbonyl (C=O) groups is 2. The van der Waals surface area contributed by atoms with Crippen molar-refractivity contribution in [3.05, 3.63) is 89.7 Å². The molecule has 184 valence electrons. The van der Waals surface area contributed by atoms with Crippen LogP contribution in [-0.2, 0) is 0 Å². The summed E-state index contributed by atoms with van der Waals surface area (Å²) >= 11 is 5.30. The van der Waals surface area contributed by atoms with Gasteiger partial charge in [-0.25, -0.2) is 0 Å². The van der Waals surface area contributed by atoms with Crippen LogP contribution in [0.3, 0.4) is 0 Å². The second-order valence-electron chi connectivity index (χ2n) is 8.77. The molecule has 0 bridgehead atoms. The van der Waals surface area contributed by atoms with Gasteiger partial charge in [0.2, 0.25) is 0 Å². The third-order valence-corrected chi connectivity index (χ3v) is 5.51. The lowest BCUT2D eigenvalue weighted by Crippen LogP contribution is -2.34. The van der Waals surface area contributed by atoms with Crippen molar-refractivity contribution in [2.24, 2.45) is 5.92 Å². The van der Waals surface area contributed by atoms with Gasteiger partial charge in [-0.15, -0.1) is 0 Å². The summed E-state index contributed by atoms with van der Waals surface area (Å²) < 4.78 is 11.3. The van der Waals surface area contributed by atoms with Gasteiger partial charge < -0.3 is 19.8 Å². The van der Waals surface area contributed by atoms with Gasteiger partial charge in [0, 0.05) is 22.3 Å². The van der Waals surface area contributed by atoms with E-state index in [0.717, 1.165) is 10.9 Å². The van der Waals surface area contributed by atoms with Gasteiger partial charge in [-0.05, 0) is 85.2 Å². The molecule has 3 N–H and O–H groups in total. The lowest BCUT2D eigenvalue weighted by molar-refractivity contribution is 0.0975. The van der Waals surface area contributed by atoms with E-state index in [1.54, 1.807) is 42.5 Å². The van der Waals surface area contributed by atoms with E-state index in [-0.39, 0.29) is 22.7 Å². The van der Waals surface area contributed by atoms with Crippen molar-refractivity contribution >= 4 is 51.5 Å². The molecule has 0 saturated heterocycles. The molecular formula is C28H27N3O4S. The summed E-state index contributed by atoms with van der Waals surface area (Å²) in [6.45, 7) is 6.62. The summed E-state index contributed by atoms with van der Waals surface area (Å²) in [4.78, 5) is 25.2. The summed E-state index contributed by atoms with van der Waals surface area (Å²) in [5, 5.41) is 9.57. The molecule has 0 aliphatic rings. The van der Waals surface area contributed by atoms with Gasteiger partial charge in [0.1, 0.15) is 11.3 Å². The molecule has 4 rings (SSSR count). The first kappa shape index (κ1) is 24.9. The topological polar surface area (TPSA) is 92.6 Å². The molecule has 0 spiro atoms. The van der Waals surface area contributed by atoms with Crippen LogP contribution in [0.1, 0.15) is 40.3 Å². The van der Waals surface area contributed by atoms with E-state index in [4.69, 9.17) is 21.4 Å². The number of anilines is 2. The fraction of sp³-hybridized carbons (Fsp3) is 0.179. The minimum absolute atomic E-state index is 0.165. The number of hydrogen-bond acceptors (Lipinski definition) is 5. The minimum Gasteiger partial charge on any atom is -0.493 e. The number of fused-ring (bicyclic) bond motifs is 1. The van der Waals surface area contributed by atoms with Crippen LogP contribution in [0.25, 0.3) is 11.0 Å².